The Morgan fingerprint density at radius 1 is 1.21 bits per heavy atom. The number of aliphatic hydroxyl groups is 1. The van der Waals surface area contributed by atoms with Crippen LogP contribution >= 0.6 is 0 Å². The summed E-state index contributed by atoms with van der Waals surface area (Å²) < 4.78 is 0. The normalized spacial score (nSPS) is 30.2. The number of amides is 1. The molecule has 2 aliphatic rings. The topological polar surface area (TPSA) is 75.4 Å². The molecule has 110 valence electrons. The Bertz CT molecular complexity index is 293. The van der Waals surface area contributed by atoms with Crippen molar-refractivity contribution >= 4 is 5.91 Å². The van der Waals surface area contributed by atoms with Crippen LogP contribution in [0.1, 0.15) is 51.4 Å². The summed E-state index contributed by atoms with van der Waals surface area (Å²) in [5.74, 6) is 0.970. The molecule has 0 spiro atoms. The molecular weight excluding hydrogens is 240 g/mol. The van der Waals surface area contributed by atoms with Gasteiger partial charge in [0.05, 0.1) is 6.61 Å². The van der Waals surface area contributed by atoms with E-state index in [0.717, 1.165) is 45.1 Å². The number of hydrogen-bond acceptors (Lipinski definition) is 3. The Kier molecular flexibility index (Phi) is 5.22. The fourth-order valence-corrected chi connectivity index (χ4v) is 3.60. The zero-order valence-electron chi connectivity index (χ0n) is 11.9. The third kappa shape index (κ3) is 3.69. The van der Waals surface area contributed by atoms with Gasteiger partial charge in [0.25, 0.3) is 0 Å². The lowest BCUT2D eigenvalue weighted by atomic mass is 9.81. The third-order valence-electron chi connectivity index (χ3n) is 5.19. The molecule has 4 nitrogen and oxygen atoms in total. The number of carbonyl (C=O) groups excluding carboxylic acids is 1. The molecule has 0 heterocycles. The maximum atomic E-state index is 12.2. The van der Waals surface area contributed by atoms with Crippen molar-refractivity contribution in [3.05, 3.63) is 0 Å². The van der Waals surface area contributed by atoms with E-state index >= 15 is 0 Å². The first kappa shape index (κ1) is 14.8. The molecule has 0 aromatic carbocycles. The van der Waals surface area contributed by atoms with Crippen molar-refractivity contribution in [2.75, 3.05) is 19.7 Å². The summed E-state index contributed by atoms with van der Waals surface area (Å²) in [6.45, 7) is 1.61. The van der Waals surface area contributed by atoms with Gasteiger partial charge in [-0.25, -0.2) is 0 Å². The summed E-state index contributed by atoms with van der Waals surface area (Å²) in [6.07, 6.45) is 8.56. The van der Waals surface area contributed by atoms with Gasteiger partial charge in [-0.2, -0.15) is 0 Å². The summed E-state index contributed by atoms with van der Waals surface area (Å²) in [6, 6.07) is 0. The predicted octanol–water partition coefficient (Wildman–Crippen LogP) is 1.42. The van der Waals surface area contributed by atoms with Crippen molar-refractivity contribution in [3.63, 3.8) is 0 Å². The standard InChI is InChI=1S/C15H28N2O2/c16-9-12-3-5-13(6-4-12)14(19)17-10-15(11-18)7-1-2-8-15/h12-13,18H,1-11,16H2,(H,17,19). The van der Waals surface area contributed by atoms with Gasteiger partial charge in [0, 0.05) is 17.9 Å². The number of nitrogens with two attached hydrogens (primary N) is 1. The maximum absolute atomic E-state index is 12.2. The lowest BCUT2D eigenvalue weighted by molar-refractivity contribution is -0.126. The molecule has 4 heteroatoms. The first-order valence-corrected chi connectivity index (χ1v) is 7.78. The number of rotatable bonds is 5. The van der Waals surface area contributed by atoms with Gasteiger partial charge in [-0.1, -0.05) is 12.8 Å². The smallest absolute Gasteiger partial charge is 0.223 e. The van der Waals surface area contributed by atoms with E-state index in [4.69, 9.17) is 5.73 Å². The van der Waals surface area contributed by atoms with Gasteiger partial charge in [-0.3, -0.25) is 4.79 Å². The Morgan fingerprint density at radius 2 is 1.84 bits per heavy atom. The molecule has 0 atom stereocenters. The van der Waals surface area contributed by atoms with E-state index < -0.39 is 0 Å². The Labute approximate surface area is 116 Å². The highest BCUT2D eigenvalue weighted by Gasteiger charge is 2.34. The fraction of sp³-hybridized carbons (Fsp3) is 0.933. The van der Waals surface area contributed by atoms with Crippen LogP contribution in [0.3, 0.4) is 0 Å². The molecule has 2 fully saturated rings. The van der Waals surface area contributed by atoms with Crippen molar-refractivity contribution in [1.82, 2.24) is 5.32 Å². The lowest BCUT2D eigenvalue weighted by Crippen LogP contribution is -2.41. The molecule has 0 aromatic rings. The second kappa shape index (κ2) is 6.71. The fourth-order valence-electron chi connectivity index (χ4n) is 3.60. The van der Waals surface area contributed by atoms with Crippen LogP contribution in [0.2, 0.25) is 0 Å². The monoisotopic (exact) mass is 268 g/mol. The van der Waals surface area contributed by atoms with Gasteiger partial charge in [0.2, 0.25) is 5.91 Å². The van der Waals surface area contributed by atoms with E-state index in [0.29, 0.717) is 12.5 Å². The van der Waals surface area contributed by atoms with Crippen LogP contribution in [0.15, 0.2) is 0 Å². The highest BCUT2D eigenvalue weighted by atomic mass is 16.3. The van der Waals surface area contributed by atoms with Crippen molar-refractivity contribution in [2.45, 2.75) is 51.4 Å². The quantitative estimate of drug-likeness (QED) is 0.706. The van der Waals surface area contributed by atoms with E-state index in [1.54, 1.807) is 0 Å². The molecule has 0 unspecified atom stereocenters. The Balaban J connectivity index is 1.75. The molecular formula is C15H28N2O2. The van der Waals surface area contributed by atoms with Crippen LogP contribution in [-0.4, -0.2) is 30.7 Å². The van der Waals surface area contributed by atoms with Crippen LogP contribution in [0.5, 0.6) is 0 Å². The van der Waals surface area contributed by atoms with E-state index in [-0.39, 0.29) is 23.8 Å². The minimum Gasteiger partial charge on any atom is -0.396 e. The van der Waals surface area contributed by atoms with E-state index in [9.17, 15) is 9.90 Å². The summed E-state index contributed by atoms with van der Waals surface area (Å²) in [5, 5.41) is 12.6. The molecule has 0 aliphatic heterocycles. The van der Waals surface area contributed by atoms with Crippen LogP contribution in [0.25, 0.3) is 0 Å². The lowest BCUT2D eigenvalue weighted by Gasteiger charge is -2.30. The molecule has 2 rings (SSSR count). The highest BCUT2D eigenvalue weighted by Crippen LogP contribution is 2.37. The van der Waals surface area contributed by atoms with E-state index in [2.05, 4.69) is 5.32 Å². The molecule has 0 aromatic heterocycles. The first-order valence-electron chi connectivity index (χ1n) is 7.78. The number of carbonyl (C=O) groups is 1. The molecule has 2 saturated carbocycles. The molecule has 19 heavy (non-hydrogen) atoms. The van der Waals surface area contributed by atoms with Gasteiger partial charge in [-0.15, -0.1) is 0 Å². The summed E-state index contributed by atoms with van der Waals surface area (Å²) in [7, 11) is 0. The van der Waals surface area contributed by atoms with Crippen LogP contribution < -0.4 is 11.1 Å². The minimum atomic E-state index is -0.0376. The molecule has 0 radical (unpaired) electrons. The summed E-state index contributed by atoms with van der Waals surface area (Å²) >= 11 is 0. The molecule has 1 amide bonds. The van der Waals surface area contributed by atoms with E-state index in [1.165, 1.54) is 12.8 Å². The second-order valence-electron chi connectivity index (χ2n) is 6.54. The Hall–Kier alpha value is -0.610. The van der Waals surface area contributed by atoms with Gasteiger partial charge in [-0.05, 0) is 51.0 Å². The molecule has 2 aliphatic carbocycles. The first-order chi connectivity index (χ1) is 9.19. The van der Waals surface area contributed by atoms with Crippen LogP contribution in [0, 0.1) is 17.3 Å². The number of hydrogen-bond donors (Lipinski definition) is 3. The van der Waals surface area contributed by atoms with Gasteiger partial charge < -0.3 is 16.2 Å². The van der Waals surface area contributed by atoms with Crippen LogP contribution in [-0.2, 0) is 4.79 Å². The van der Waals surface area contributed by atoms with Crippen molar-refractivity contribution in [3.8, 4) is 0 Å². The van der Waals surface area contributed by atoms with Gasteiger partial charge in [0.15, 0.2) is 0 Å². The maximum Gasteiger partial charge on any atom is 0.223 e. The number of aliphatic hydroxyl groups excluding tert-OH is 1. The largest absolute Gasteiger partial charge is 0.396 e. The van der Waals surface area contributed by atoms with Crippen molar-refractivity contribution in [1.29, 1.82) is 0 Å². The van der Waals surface area contributed by atoms with Gasteiger partial charge >= 0.3 is 0 Å². The summed E-state index contributed by atoms with van der Waals surface area (Å²) in [4.78, 5) is 12.2. The average Bonchev–Trinajstić information content (AvgIpc) is 2.94. The third-order valence-corrected chi connectivity index (χ3v) is 5.19. The highest BCUT2D eigenvalue weighted by molar-refractivity contribution is 5.78. The van der Waals surface area contributed by atoms with E-state index in [1.807, 2.05) is 0 Å². The number of nitrogens with one attached hydrogen (secondary N) is 1. The van der Waals surface area contributed by atoms with Crippen LogP contribution in [0.4, 0.5) is 0 Å². The molecule has 4 N–H and O–H groups in total. The minimum absolute atomic E-state index is 0.0376. The van der Waals surface area contributed by atoms with Crippen molar-refractivity contribution < 1.29 is 9.90 Å². The SMILES string of the molecule is NCC1CCC(C(=O)NCC2(CO)CCCC2)CC1. The zero-order chi connectivity index (χ0) is 13.7. The summed E-state index contributed by atoms with van der Waals surface area (Å²) in [5.41, 5.74) is 5.64. The second-order valence-corrected chi connectivity index (χ2v) is 6.54. The predicted molar refractivity (Wildman–Crippen MR) is 75.5 cm³/mol. The molecule has 0 bridgehead atoms. The van der Waals surface area contributed by atoms with Crippen molar-refractivity contribution in [2.24, 2.45) is 23.0 Å². The van der Waals surface area contributed by atoms with Gasteiger partial charge in [0.1, 0.15) is 0 Å². The Morgan fingerprint density at radius 3 is 2.37 bits per heavy atom. The molecule has 0 saturated heterocycles. The zero-order valence-corrected chi connectivity index (χ0v) is 11.9. The average molecular weight is 268 g/mol.